The van der Waals surface area contributed by atoms with Crippen LogP contribution in [-0.4, -0.2) is 19.7 Å². The van der Waals surface area contributed by atoms with Crippen molar-refractivity contribution in [3.05, 3.63) is 45.4 Å². The van der Waals surface area contributed by atoms with E-state index in [-0.39, 0.29) is 5.75 Å². The first-order valence-corrected chi connectivity index (χ1v) is 10.3. The molecule has 0 aliphatic carbocycles. The predicted octanol–water partition coefficient (Wildman–Crippen LogP) is 3.56. The van der Waals surface area contributed by atoms with Crippen molar-refractivity contribution in [1.82, 2.24) is 4.98 Å². The molecule has 0 atom stereocenters. The van der Waals surface area contributed by atoms with Crippen LogP contribution < -0.4 is 5.32 Å². The number of nitrogens with one attached hydrogen (secondary N) is 1. The highest BCUT2D eigenvalue weighted by Gasteiger charge is 2.10. The molecule has 0 bridgehead atoms. The lowest BCUT2D eigenvalue weighted by Gasteiger charge is -2.12. The van der Waals surface area contributed by atoms with Crippen molar-refractivity contribution in [1.29, 1.82) is 0 Å². The van der Waals surface area contributed by atoms with Crippen molar-refractivity contribution < 1.29 is 8.42 Å². The third kappa shape index (κ3) is 4.81. The van der Waals surface area contributed by atoms with Crippen molar-refractivity contribution in [3.8, 4) is 0 Å². The molecule has 2 rings (SSSR count). The Bertz CT molecular complexity index is 736. The smallest absolute Gasteiger partial charge is 0.151 e. The van der Waals surface area contributed by atoms with Gasteiger partial charge in [0.05, 0.1) is 23.0 Å². The van der Waals surface area contributed by atoms with Gasteiger partial charge in [-0.15, -0.1) is 11.3 Å². The molecule has 0 unspecified atom stereocenters. The first-order chi connectivity index (χ1) is 10.4. The van der Waals surface area contributed by atoms with Gasteiger partial charge in [-0.1, -0.05) is 19.1 Å². The summed E-state index contributed by atoms with van der Waals surface area (Å²) < 4.78 is 23.0. The number of aryl methyl sites for hydroxylation is 1. The molecule has 0 radical (unpaired) electrons. The van der Waals surface area contributed by atoms with E-state index in [9.17, 15) is 8.42 Å². The van der Waals surface area contributed by atoms with Crippen LogP contribution in [0, 0.1) is 6.92 Å². The molecule has 0 amide bonds. The largest absolute Gasteiger partial charge is 0.379 e. The summed E-state index contributed by atoms with van der Waals surface area (Å²) in [6.07, 6.45) is 3.39. The van der Waals surface area contributed by atoms with Gasteiger partial charge in [-0.05, 0) is 37.0 Å². The minimum atomic E-state index is -3.02. The Kier molecular flexibility index (Phi) is 5.58. The van der Waals surface area contributed by atoms with Crippen LogP contribution in [0.3, 0.4) is 0 Å². The van der Waals surface area contributed by atoms with Gasteiger partial charge in [0.25, 0.3) is 0 Å². The summed E-state index contributed by atoms with van der Waals surface area (Å²) in [4.78, 5) is 4.59. The molecule has 1 N–H and O–H groups in total. The van der Waals surface area contributed by atoms with Crippen molar-refractivity contribution in [3.63, 3.8) is 0 Å². The maximum atomic E-state index is 11.5. The fourth-order valence-electron chi connectivity index (χ4n) is 2.26. The first kappa shape index (κ1) is 17.0. The highest BCUT2D eigenvalue weighted by Crippen LogP contribution is 2.22. The number of benzene rings is 1. The first-order valence-electron chi connectivity index (χ1n) is 7.32. The van der Waals surface area contributed by atoms with Gasteiger partial charge in [-0.3, -0.25) is 0 Å². The van der Waals surface area contributed by atoms with Gasteiger partial charge in [-0.25, -0.2) is 13.4 Å². The van der Waals surface area contributed by atoms with E-state index in [1.807, 2.05) is 25.1 Å². The van der Waals surface area contributed by atoms with E-state index in [0.29, 0.717) is 6.54 Å². The van der Waals surface area contributed by atoms with Crippen LogP contribution in [0.4, 0.5) is 5.69 Å². The lowest BCUT2D eigenvalue weighted by Crippen LogP contribution is -2.06. The summed E-state index contributed by atoms with van der Waals surface area (Å²) >= 11 is 1.69. The summed E-state index contributed by atoms with van der Waals surface area (Å²) in [5.41, 5.74) is 3.82. The van der Waals surface area contributed by atoms with Gasteiger partial charge in [0.2, 0.25) is 0 Å². The maximum Gasteiger partial charge on any atom is 0.151 e. The van der Waals surface area contributed by atoms with Gasteiger partial charge in [-0.2, -0.15) is 0 Å². The Morgan fingerprint density at radius 3 is 2.77 bits per heavy atom. The van der Waals surface area contributed by atoms with Gasteiger partial charge in [0.1, 0.15) is 0 Å². The van der Waals surface area contributed by atoms with E-state index < -0.39 is 9.84 Å². The lowest BCUT2D eigenvalue weighted by atomic mass is 10.1. The Hall–Kier alpha value is -1.40. The van der Waals surface area contributed by atoms with E-state index in [0.717, 1.165) is 35.3 Å². The molecule has 0 spiro atoms. The SMILES string of the molecule is CCCc1nc(CNc2cccc(CS(C)(=O)=O)c2C)cs1. The van der Waals surface area contributed by atoms with Gasteiger partial charge in [0.15, 0.2) is 9.84 Å². The second-order valence-corrected chi connectivity index (χ2v) is 8.58. The lowest BCUT2D eigenvalue weighted by molar-refractivity contribution is 0.601. The molecule has 0 saturated heterocycles. The third-order valence-corrected chi connectivity index (χ3v) is 5.18. The molecule has 2 aromatic rings. The highest BCUT2D eigenvalue weighted by molar-refractivity contribution is 7.89. The maximum absolute atomic E-state index is 11.5. The summed E-state index contributed by atoms with van der Waals surface area (Å²) in [5, 5.41) is 6.61. The molecule has 0 saturated carbocycles. The average molecular weight is 338 g/mol. The normalized spacial score (nSPS) is 11.6. The number of nitrogens with zero attached hydrogens (tertiary/aromatic N) is 1. The molecule has 4 nitrogen and oxygen atoms in total. The molecule has 1 aromatic carbocycles. The topological polar surface area (TPSA) is 59.1 Å². The fraction of sp³-hybridized carbons (Fsp3) is 0.438. The van der Waals surface area contributed by atoms with Crippen LogP contribution in [0.25, 0.3) is 0 Å². The molecule has 120 valence electrons. The van der Waals surface area contributed by atoms with Crippen LogP contribution in [0.2, 0.25) is 0 Å². The Labute approximate surface area is 136 Å². The van der Waals surface area contributed by atoms with Crippen LogP contribution in [0.1, 0.15) is 35.2 Å². The van der Waals surface area contributed by atoms with Gasteiger partial charge >= 0.3 is 0 Å². The van der Waals surface area contributed by atoms with Crippen LogP contribution in [0.15, 0.2) is 23.6 Å². The van der Waals surface area contributed by atoms with E-state index in [4.69, 9.17) is 0 Å². The number of hydrogen-bond donors (Lipinski definition) is 1. The molecular weight excluding hydrogens is 316 g/mol. The summed E-state index contributed by atoms with van der Waals surface area (Å²) in [5.74, 6) is 0.0751. The zero-order valence-corrected chi connectivity index (χ0v) is 14.9. The fourth-order valence-corrected chi connectivity index (χ4v) is 4.04. The van der Waals surface area contributed by atoms with Gasteiger partial charge in [0, 0.05) is 17.3 Å². The Morgan fingerprint density at radius 1 is 1.32 bits per heavy atom. The minimum absolute atomic E-state index is 0.0751. The highest BCUT2D eigenvalue weighted by atomic mass is 32.2. The molecule has 1 aromatic heterocycles. The zero-order valence-electron chi connectivity index (χ0n) is 13.2. The van der Waals surface area contributed by atoms with Gasteiger partial charge < -0.3 is 5.32 Å². The number of rotatable bonds is 7. The zero-order chi connectivity index (χ0) is 16.2. The minimum Gasteiger partial charge on any atom is -0.379 e. The molecule has 0 aliphatic heterocycles. The molecule has 22 heavy (non-hydrogen) atoms. The molecule has 1 heterocycles. The summed E-state index contributed by atoms with van der Waals surface area (Å²) in [7, 11) is -3.02. The quantitative estimate of drug-likeness (QED) is 0.838. The van der Waals surface area contributed by atoms with E-state index in [1.54, 1.807) is 11.3 Å². The second-order valence-electron chi connectivity index (χ2n) is 5.50. The van der Waals surface area contributed by atoms with Crippen molar-refractivity contribution in [2.24, 2.45) is 0 Å². The van der Waals surface area contributed by atoms with Crippen molar-refractivity contribution >= 4 is 26.9 Å². The average Bonchev–Trinajstić information content (AvgIpc) is 2.86. The predicted molar refractivity (Wildman–Crippen MR) is 93.2 cm³/mol. The summed E-state index contributed by atoms with van der Waals surface area (Å²) in [6, 6.07) is 5.73. The van der Waals surface area contributed by atoms with Crippen LogP contribution in [-0.2, 0) is 28.6 Å². The molecule has 0 fully saturated rings. The van der Waals surface area contributed by atoms with Crippen LogP contribution >= 0.6 is 11.3 Å². The number of thiazole rings is 1. The second kappa shape index (κ2) is 7.24. The molecular formula is C16H22N2O2S2. The van der Waals surface area contributed by atoms with E-state index >= 15 is 0 Å². The van der Waals surface area contributed by atoms with E-state index in [1.165, 1.54) is 11.3 Å². The van der Waals surface area contributed by atoms with Crippen molar-refractivity contribution in [2.75, 3.05) is 11.6 Å². The molecule has 0 aliphatic rings. The Morgan fingerprint density at radius 2 is 2.09 bits per heavy atom. The van der Waals surface area contributed by atoms with Crippen LogP contribution in [0.5, 0.6) is 0 Å². The standard InChI is InChI=1S/C16H22N2O2S2/c1-4-6-16-18-14(10-21-16)9-17-15-8-5-7-13(12(15)2)11-22(3,19)20/h5,7-8,10,17H,4,6,9,11H2,1-3H3. The third-order valence-electron chi connectivity index (χ3n) is 3.39. The monoisotopic (exact) mass is 338 g/mol. The Balaban J connectivity index is 2.07. The van der Waals surface area contributed by atoms with Crippen molar-refractivity contribution in [2.45, 2.75) is 39.0 Å². The summed E-state index contributed by atoms with van der Waals surface area (Å²) in [6.45, 7) is 4.76. The number of aromatic nitrogens is 1. The van der Waals surface area contributed by atoms with E-state index in [2.05, 4.69) is 22.6 Å². The number of sulfone groups is 1. The molecule has 6 heteroatoms. The number of anilines is 1. The number of hydrogen-bond acceptors (Lipinski definition) is 5.